The molecule has 1 N–H and O–H groups in total. The van der Waals surface area contributed by atoms with E-state index in [9.17, 15) is 4.39 Å². The standard InChI is InChI=1S/C16H25FN2S/c1-3-15-12-19(10-11-20-15)9-8-16(18-2)13-4-6-14(17)7-5-13/h4-7,15-16,18H,3,8-12H2,1-2H3. The molecule has 1 aliphatic heterocycles. The Hall–Kier alpha value is -0.580. The fourth-order valence-corrected chi connectivity index (χ4v) is 3.96. The van der Waals surface area contributed by atoms with Crippen LogP contribution >= 0.6 is 11.8 Å². The zero-order valence-corrected chi connectivity index (χ0v) is 13.3. The third kappa shape index (κ3) is 4.47. The third-order valence-corrected chi connectivity index (χ3v) is 5.41. The van der Waals surface area contributed by atoms with Crippen LogP contribution in [0.2, 0.25) is 0 Å². The van der Waals surface area contributed by atoms with Crippen LogP contribution in [0, 0.1) is 5.82 Å². The predicted molar refractivity (Wildman–Crippen MR) is 85.8 cm³/mol. The Bertz CT molecular complexity index is 396. The minimum absolute atomic E-state index is 0.164. The maximum absolute atomic E-state index is 13.0. The van der Waals surface area contributed by atoms with Gasteiger partial charge in [0.2, 0.25) is 0 Å². The summed E-state index contributed by atoms with van der Waals surface area (Å²) in [5.41, 5.74) is 1.17. The van der Waals surface area contributed by atoms with Gasteiger partial charge in [-0.3, -0.25) is 0 Å². The molecule has 2 unspecified atom stereocenters. The van der Waals surface area contributed by atoms with Gasteiger partial charge >= 0.3 is 0 Å². The van der Waals surface area contributed by atoms with Gasteiger partial charge in [0, 0.05) is 36.7 Å². The maximum atomic E-state index is 13.0. The smallest absolute Gasteiger partial charge is 0.123 e. The number of nitrogens with one attached hydrogen (secondary N) is 1. The molecule has 2 atom stereocenters. The SMILES string of the molecule is CCC1CN(CCC(NC)c2ccc(F)cc2)CCS1. The lowest BCUT2D eigenvalue weighted by atomic mass is 10.0. The van der Waals surface area contributed by atoms with Gasteiger partial charge in [-0.1, -0.05) is 19.1 Å². The van der Waals surface area contributed by atoms with Crippen molar-refractivity contribution in [3.8, 4) is 0 Å². The molecule has 20 heavy (non-hydrogen) atoms. The highest BCUT2D eigenvalue weighted by atomic mass is 32.2. The largest absolute Gasteiger partial charge is 0.313 e. The summed E-state index contributed by atoms with van der Waals surface area (Å²) in [4.78, 5) is 2.57. The summed E-state index contributed by atoms with van der Waals surface area (Å²) >= 11 is 2.11. The van der Waals surface area contributed by atoms with E-state index in [0.29, 0.717) is 6.04 Å². The van der Waals surface area contributed by atoms with E-state index in [4.69, 9.17) is 0 Å². The first-order valence-corrected chi connectivity index (χ1v) is 8.54. The second-order valence-electron chi connectivity index (χ2n) is 5.38. The van der Waals surface area contributed by atoms with Gasteiger partial charge in [0.05, 0.1) is 0 Å². The van der Waals surface area contributed by atoms with Crippen LogP contribution in [0.4, 0.5) is 4.39 Å². The molecule has 0 bridgehead atoms. The first-order chi connectivity index (χ1) is 9.72. The van der Waals surface area contributed by atoms with Gasteiger partial charge in [0.15, 0.2) is 0 Å². The van der Waals surface area contributed by atoms with E-state index in [1.54, 1.807) is 12.1 Å². The molecule has 1 saturated heterocycles. The van der Waals surface area contributed by atoms with Crippen LogP contribution in [0.15, 0.2) is 24.3 Å². The molecule has 1 aliphatic rings. The van der Waals surface area contributed by atoms with Crippen molar-refractivity contribution in [1.29, 1.82) is 0 Å². The van der Waals surface area contributed by atoms with Crippen LogP contribution in [-0.2, 0) is 0 Å². The molecular weight excluding hydrogens is 271 g/mol. The van der Waals surface area contributed by atoms with Gasteiger partial charge in [-0.2, -0.15) is 11.8 Å². The Kier molecular flexibility index (Phi) is 6.33. The molecule has 1 heterocycles. The topological polar surface area (TPSA) is 15.3 Å². The van der Waals surface area contributed by atoms with Gasteiger partial charge in [-0.15, -0.1) is 0 Å². The third-order valence-electron chi connectivity index (χ3n) is 4.03. The molecule has 2 nitrogen and oxygen atoms in total. The van der Waals surface area contributed by atoms with Crippen LogP contribution in [0.5, 0.6) is 0 Å². The molecule has 4 heteroatoms. The normalized spacial score (nSPS) is 21.9. The molecule has 2 rings (SSSR count). The van der Waals surface area contributed by atoms with Crippen molar-refractivity contribution in [1.82, 2.24) is 10.2 Å². The van der Waals surface area contributed by atoms with Crippen molar-refractivity contribution in [3.63, 3.8) is 0 Å². The zero-order valence-electron chi connectivity index (χ0n) is 12.4. The lowest BCUT2D eigenvalue weighted by Crippen LogP contribution is -2.39. The second-order valence-corrected chi connectivity index (χ2v) is 6.79. The van der Waals surface area contributed by atoms with Crippen molar-refractivity contribution in [2.75, 3.05) is 32.4 Å². The second kappa shape index (κ2) is 8.01. The Morgan fingerprint density at radius 3 is 2.80 bits per heavy atom. The Balaban J connectivity index is 1.85. The van der Waals surface area contributed by atoms with E-state index < -0.39 is 0 Å². The van der Waals surface area contributed by atoms with Gasteiger partial charge in [-0.05, 0) is 37.6 Å². The zero-order chi connectivity index (χ0) is 14.4. The van der Waals surface area contributed by atoms with Crippen molar-refractivity contribution < 1.29 is 4.39 Å². The first-order valence-electron chi connectivity index (χ1n) is 7.49. The van der Waals surface area contributed by atoms with Crippen molar-refractivity contribution in [2.24, 2.45) is 0 Å². The summed E-state index contributed by atoms with van der Waals surface area (Å²) in [5.74, 6) is 1.08. The summed E-state index contributed by atoms with van der Waals surface area (Å²) in [6.07, 6.45) is 2.33. The highest BCUT2D eigenvalue weighted by Gasteiger charge is 2.19. The van der Waals surface area contributed by atoms with Crippen LogP contribution < -0.4 is 5.32 Å². The number of nitrogens with zero attached hydrogens (tertiary/aromatic N) is 1. The van der Waals surface area contributed by atoms with Crippen LogP contribution in [-0.4, -0.2) is 42.6 Å². The molecule has 1 fully saturated rings. The average molecular weight is 296 g/mol. The highest BCUT2D eigenvalue weighted by molar-refractivity contribution is 8.00. The summed E-state index contributed by atoms with van der Waals surface area (Å²) in [5, 5.41) is 4.14. The Labute approximate surface area is 126 Å². The number of hydrogen-bond acceptors (Lipinski definition) is 3. The summed E-state index contributed by atoms with van der Waals surface area (Å²) < 4.78 is 13.0. The van der Waals surface area contributed by atoms with Gasteiger partial charge < -0.3 is 10.2 Å². The van der Waals surface area contributed by atoms with E-state index in [-0.39, 0.29) is 5.82 Å². The molecule has 0 spiro atoms. The monoisotopic (exact) mass is 296 g/mol. The molecule has 0 radical (unpaired) electrons. The molecule has 0 amide bonds. The van der Waals surface area contributed by atoms with E-state index in [1.165, 1.54) is 30.8 Å². The molecule has 1 aromatic rings. The first kappa shape index (κ1) is 15.8. The number of rotatable bonds is 6. The lowest BCUT2D eigenvalue weighted by Gasteiger charge is -2.32. The number of halogens is 1. The maximum Gasteiger partial charge on any atom is 0.123 e. The average Bonchev–Trinajstić information content (AvgIpc) is 2.50. The van der Waals surface area contributed by atoms with E-state index in [2.05, 4.69) is 28.9 Å². The van der Waals surface area contributed by atoms with Gasteiger partial charge in [0.1, 0.15) is 5.82 Å². The van der Waals surface area contributed by atoms with Crippen LogP contribution in [0.1, 0.15) is 31.4 Å². The van der Waals surface area contributed by atoms with Crippen molar-refractivity contribution >= 4 is 11.8 Å². The minimum atomic E-state index is -0.164. The number of benzene rings is 1. The van der Waals surface area contributed by atoms with Crippen molar-refractivity contribution in [3.05, 3.63) is 35.6 Å². The molecule has 0 saturated carbocycles. The van der Waals surface area contributed by atoms with Crippen LogP contribution in [0.25, 0.3) is 0 Å². The molecule has 0 aliphatic carbocycles. The summed E-state index contributed by atoms with van der Waals surface area (Å²) in [6, 6.07) is 7.17. The molecule has 1 aromatic carbocycles. The molecule has 0 aromatic heterocycles. The Morgan fingerprint density at radius 1 is 1.40 bits per heavy atom. The molecular formula is C16H25FN2S. The fraction of sp³-hybridized carbons (Fsp3) is 0.625. The molecule has 112 valence electrons. The van der Waals surface area contributed by atoms with Gasteiger partial charge in [-0.25, -0.2) is 4.39 Å². The van der Waals surface area contributed by atoms with E-state index in [0.717, 1.165) is 18.2 Å². The fourth-order valence-electron chi connectivity index (χ4n) is 2.71. The van der Waals surface area contributed by atoms with E-state index in [1.807, 2.05) is 19.2 Å². The predicted octanol–water partition coefficient (Wildman–Crippen LogP) is 3.30. The Morgan fingerprint density at radius 2 is 2.15 bits per heavy atom. The van der Waals surface area contributed by atoms with Gasteiger partial charge in [0.25, 0.3) is 0 Å². The van der Waals surface area contributed by atoms with Crippen molar-refractivity contribution in [2.45, 2.75) is 31.1 Å². The summed E-state index contributed by atoms with van der Waals surface area (Å²) in [6.45, 7) is 5.79. The minimum Gasteiger partial charge on any atom is -0.313 e. The number of thioether (sulfide) groups is 1. The quantitative estimate of drug-likeness (QED) is 0.867. The summed E-state index contributed by atoms with van der Waals surface area (Å²) in [7, 11) is 1.98. The lowest BCUT2D eigenvalue weighted by molar-refractivity contribution is 0.265. The number of hydrogen-bond donors (Lipinski definition) is 1. The highest BCUT2D eigenvalue weighted by Crippen LogP contribution is 2.23. The van der Waals surface area contributed by atoms with E-state index >= 15 is 0 Å². The van der Waals surface area contributed by atoms with Crippen LogP contribution in [0.3, 0.4) is 0 Å².